The van der Waals surface area contributed by atoms with Gasteiger partial charge in [-0.05, 0) is 56.4 Å². The smallest absolute Gasteiger partial charge is 0.251 e. The molecule has 4 heteroatoms. The van der Waals surface area contributed by atoms with Crippen molar-refractivity contribution in [3.63, 3.8) is 0 Å². The topological polar surface area (TPSA) is 46.9 Å². The molecule has 3 aromatic rings. The van der Waals surface area contributed by atoms with Crippen molar-refractivity contribution >= 4 is 16.9 Å². The standard InChI is InChI=1S/C25H33N3O/c1-19(2)16-18-28-23-10-7-6-9-22(23)27-24(28)11-5-4-8-17-26-25(29)21-14-12-20(3)13-15-21/h6-7,9-10,12-15,19H,4-5,8,11,16-18H2,1-3H3,(H,26,29). The van der Waals surface area contributed by atoms with E-state index in [0.29, 0.717) is 5.92 Å². The van der Waals surface area contributed by atoms with Gasteiger partial charge in [0.2, 0.25) is 0 Å². The van der Waals surface area contributed by atoms with Crippen LogP contribution in [0.2, 0.25) is 0 Å². The van der Waals surface area contributed by atoms with E-state index >= 15 is 0 Å². The van der Waals surface area contributed by atoms with Gasteiger partial charge in [0.15, 0.2) is 0 Å². The Labute approximate surface area is 174 Å². The predicted octanol–water partition coefficient (Wildman–Crippen LogP) is 5.53. The van der Waals surface area contributed by atoms with Gasteiger partial charge in [-0.25, -0.2) is 4.98 Å². The molecule has 0 atom stereocenters. The molecule has 29 heavy (non-hydrogen) atoms. The summed E-state index contributed by atoms with van der Waals surface area (Å²) in [6.45, 7) is 8.31. The average molecular weight is 392 g/mol. The molecule has 0 aliphatic rings. The summed E-state index contributed by atoms with van der Waals surface area (Å²) in [7, 11) is 0. The molecule has 0 saturated carbocycles. The van der Waals surface area contributed by atoms with Crippen LogP contribution in [0.5, 0.6) is 0 Å². The number of benzene rings is 2. The number of carbonyl (C=O) groups is 1. The first-order chi connectivity index (χ1) is 14.0. The number of rotatable bonds is 10. The summed E-state index contributed by atoms with van der Waals surface area (Å²) < 4.78 is 2.40. The number of aromatic nitrogens is 2. The van der Waals surface area contributed by atoms with Gasteiger partial charge in [0.25, 0.3) is 5.91 Å². The molecular weight excluding hydrogens is 358 g/mol. The Morgan fingerprint density at radius 3 is 2.55 bits per heavy atom. The number of amides is 1. The maximum absolute atomic E-state index is 12.2. The molecule has 0 bridgehead atoms. The molecule has 154 valence electrons. The lowest BCUT2D eigenvalue weighted by Crippen LogP contribution is -2.24. The first kappa shape index (κ1) is 21.1. The van der Waals surface area contributed by atoms with Crippen molar-refractivity contribution in [3.8, 4) is 0 Å². The van der Waals surface area contributed by atoms with Crippen molar-refractivity contribution in [1.82, 2.24) is 14.9 Å². The molecule has 0 unspecified atom stereocenters. The maximum atomic E-state index is 12.2. The first-order valence-electron chi connectivity index (χ1n) is 10.8. The van der Waals surface area contributed by atoms with Crippen LogP contribution in [0, 0.1) is 12.8 Å². The normalized spacial score (nSPS) is 11.3. The zero-order valence-electron chi connectivity index (χ0n) is 17.9. The van der Waals surface area contributed by atoms with E-state index in [1.54, 1.807) is 0 Å². The van der Waals surface area contributed by atoms with Crippen LogP contribution in [0.25, 0.3) is 11.0 Å². The van der Waals surface area contributed by atoms with Crippen molar-refractivity contribution < 1.29 is 4.79 Å². The Morgan fingerprint density at radius 1 is 1.03 bits per heavy atom. The fraction of sp³-hybridized carbons (Fsp3) is 0.440. The Hall–Kier alpha value is -2.62. The molecule has 0 saturated heterocycles. The minimum atomic E-state index is 0.0143. The third-order valence-electron chi connectivity index (χ3n) is 5.34. The quantitative estimate of drug-likeness (QED) is 0.462. The Balaban J connectivity index is 1.46. The minimum absolute atomic E-state index is 0.0143. The van der Waals surface area contributed by atoms with E-state index in [1.165, 1.54) is 23.3 Å². The molecule has 0 spiro atoms. The third-order valence-corrected chi connectivity index (χ3v) is 5.34. The number of hydrogen-bond acceptors (Lipinski definition) is 2. The highest BCUT2D eigenvalue weighted by molar-refractivity contribution is 5.94. The summed E-state index contributed by atoms with van der Waals surface area (Å²) in [4.78, 5) is 17.0. The van der Waals surface area contributed by atoms with E-state index in [9.17, 15) is 4.79 Å². The summed E-state index contributed by atoms with van der Waals surface area (Å²) >= 11 is 0. The van der Waals surface area contributed by atoms with Gasteiger partial charge in [0.05, 0.1) is 11.0 Å². The van der Waals surface area contributed by atoms with E-state index in [4.69, 9.17) is 4.98 Å². The van der Waals surface area contributed by atoms with E-state index in [-0.39, 0.29) is 5.91 Å². The van der Waals surface area contributed by atoms with Gasteiger partial charge < -0.3 is 9.88 Å². The lowest BCUT2D eigenvalue weighted by atomic mass is 10.1. The Kier molecular flexibility index (Phi) is 7.45. The predicted molar refractivity (Wildman–Crippen MR) is 120 cm³/mol. The van der Waals surface area contributed by atoms with Crippen molar-refractivity contribution in [2.75, 3.05) is 6.54 Å². The number of unbranched alkanes of at least 4 members (excludes halogenated alkanes) is 2. The van der Waals surface area contributed by atoms with Crippen LogP contribution in [-0.4, -0.2) is 22.0 Å². The number of para-hydroxylation sites is 2. The fourth-order valence-electron chi connectivity index (χ4n) is 3.55. The summed E-state index contributed by atoms with van der Waals surface area (Å²) in [6.07, 6.45) is 5.31. The molecule has 0 radical (unpaired) electrons. The van der Waals surface area contributed by atoms with Gasteiger partial charge >= 0.3 is 0 Å². The molecule has 4 nitrogen and oxygen atoms in total. The van der Waals surface area contributed by atoms with Crippen molar-refractivity contribution in [2.24, 2.45) is 5.92 Å². The lowest BCUT2D eigenvalue weighted by Gasteiger charge is -2.11. The Bertz CT molecular complexity index is 925. The van der Waals surface area contributed by atoms with Crippen LogP contribution in [0.15, 0.2) is 48.5 Å². The number of fused-ring (bicyclic) bond motifs is 1. The van der Waals surface area contributed by atoms with E-state index in [1.807, 2.05) is 31.2 Å². The number of nitrogens with one attached hydrogen (secondary N) is 1. The third kappa shape index (κ3) is 5.93. The van der Waals surface area contributed by atoms with Crippen LogP contribution in [0.1, 0.15) is 61.3 Å². The molecule has 0 aliphatic carbocycles. The molecule has 1 aromatic heterocycles. The van der Waals surface area contributed by atoms with Gasteiger partial charge in [0.1, 0.15) is 5.82 Å². The van der Waals surface area contributed by atoms with Gasteiger partial charge in [-0.2, -0.15) is 0 Å². The van der Waals surface area contributed by atoms with Crippen molar-refractivity contribution in [1.29, 1.82) is 0 Å². The van der Waals surface area contributed by atoms with Gasteiger partial charge in [-0.1, -0.05) is 50.1 Å². The zero-order valence-corrected chi connectivity index (χ0v) is 17.9. The zero-order chi connectivity index (χ0) is 20.6. The number of hydrogen-bond donors (Lipinski definition) is 1. The van der Waals surface area contributed by atoms with Crippen LogP contribution in [-0.2, 0) is 13.0 Å². The van der Waals surface area contributed by atoms with E-state index < -0.39 is 0 Å². The maximum Gasteiger partial charge on any atom is 0.251 e. The second-order valence-corrected chi connectivity index (χ2v) is 8.28. The number of carbonyl (C=O) groups excluding carboxylic acids is 1. The number of aryl methyl sites for hydroxylation is 3. The summed E-state index contributed by atoms with van der Waals surface area (Å²) in [5.74, 6) is 1.89. The van der Waals surface area contributed by atoms with Crippen LogP contribution >= 0.6 is 0 Å². The summed E-state index contributed by atoms with van der Waals surface area (Å²) in [5.41, 5.74) is 4.24. The number of nitrogens with zero attached hydrogens (tertiary/aromatic N) is 2. The van der Waals surface area contributed by atoms with Crippen LogP contribution < -0.4 is 5.32 Å². The first-order valence-corrected chi connectivity index (χ1v) is 10.8. The molecular formula is C25H33N3O. The van der Waals surface area contributed by atoms with Gasteiger partial charge in [-0.3, -0.25) is 4.79 Å². The molecule has 1 amide bonds. The van der Waals surface area contributed by atoms with Crippen LogP contribution in [0.4, 0.5) is 0 Å². The molecule has 0 fully saturated rings. The monoisotopic (exact) mass is 391 g/mol. The van der Waals surface area contributed by atoms with Crippen LogP contribution in [0.3, 0.4) is 0 Å². The molecule has 1 heterocycles. The number of imidazole rings is 1. The molecule has 3 rings (SSSR count). The summed E-state index contributed by atoms with van der Waals surface area (Å²) in [6, 6.07) is 16.1. The average Bonchev–Trinajstić information content (AvgIpc) is 3.06. The fourth-order valence-corrected chi connectivity index (χ4v) is 3.55. The van der Waals surface area contributed by atoms with E-state index in [2.05, 4.69) is 48.0 Å². The second-order valence-electron chi connectivity index (χ2n) is 8.28. The molecule has 1 N–H and O–H groups in total. The molecule has 0 aliphatic heterocycles. The Morgan fingerprint density at radius 2 is 1.79 bits per heavy atom. The second kappa shape index (κ2) is 10.2. The lowest BCUT2D eigenvalue weighted by molar-refractivity contribution is 0.0953. The minimum Gasteiger partial charge on any atom is -0.352 e. The van der Waals surface area contributed by atoms with Crippen molar-refractivity contribution in [2.45, 2.75) is 59.4 Å². The summed E-state index contributed by atoms with van der Waals surface area (Å²) in [5, 5.41) is 3.02. The van der Waals surface area contributed by atoms with Crippen molar-refractivity contribution in [3.05, 3.63) is 65.5 Å². The van der Waals surface area contributed by atoms with Gasteiger partial charge in [-0.15, -0.1) is 0 Å². The highest BCUT2D eigenvalue weighted by Crippen LogP contribution is 2.19. The molecule has 2 aromatic carbocycles. The highest BCUT2D eigenvalue weighted by atomic mass is 16.1. The van der Waals surface area contributed by atoms with Gasteiger partial charge in [0, 0.05) is 25.1 Å². The van der Waals surface area contributed by atoms with E-state index in [0.717, 1.165) is 49.9 Å². The largest absolute Gasteiger partial charge is 0.352 e. The highest BCUT2D eigenvalue weighted by Gasteiger charge is 2.11. The SMILES string of the molecule is Cc1ccc(C(=O)NCCCCCc2nc3ccccc3n2CCC(C)C)cc1.